The molecule has 0 saturated heterocycles. The summed E-state index contributed by atoms with van der Waals surface area (Å²) >= 11 is 0. The van der Waals surface area contributed by atoms with Crippen LogP contribution in [0.4, 0.5) is 0 Å². The number of ketones is 1. The van der Waals surface area contributed by atoms with Crippen LogP contribution < -0.4 is 0 Å². The molecule has 0 atom stereocenters. The lowest BCUT2D eigenvalue weighted by molar-refractivity contribution is 0.104. The van der Waals surface area contributed by atoms with Gasteiger partial charge in [0.2, 0.25) is 5.78 Å². The van der Waals surface area contributed by atoms with Gasteiger partial charge in [0.15, 0.2) is 6.29 Å². The number of hydrogen-bond acceptors (Lipinski definition) is 3. The van der Waals surface area contributed by atoms with Gasteiger partial charge in [0.25, 0.3) is 0 Å². The Morgan fingerprint density at radius 3 is 2.30 bits per heavy atom. The van der Waals surface area contributed by atoms with Crippen LogP contribution in [0.5, 0.6) is 0 Å². The van der Waals surface area contributed by atoms with E-state index in [0.29, 0.717) is 28.5 Å². The van der Waals surface area contributed by atoms with E-state index in [1.54, 1.807) is 48.5 Å². The van der Waals surface area contributed by atoms with Crippen molar-refractivity contribution in [3.8, 4) is 17.9 Å². The molecule has 0 bridgehead atoms. The van der Waals surface area contributed by atoms with Crippen molar-refractivity contribution in [1.82, 2.24) is 0 Å². The number of hydrogen-bond donors (Lipinski definition) is 0. The van der Waals surface area contributed by atoms with Crippen molar-refractivity contribution in [2.24, 2.45) is 0 Å². The lowest BCUT2D eigenvalue weighted by atomic mass is 10.0. The summed E-state index contributed by atoms with van der Waals surface area (Å²) in [5.41, 5.74) is 1.80. The predicted molar refractivity (Wildman–Crippen MR) is 74.2 cm³/mol. The lowest BCUT2D eigenvalue weighted by Gasteiger charge is -1.97. The predicted octanol–water partition coefficient (Wildman–Crippen LogP) is 2.61. The SMILES string of the molecule is N#Cc1ccc(C#CC(=O)c2ccccc2C=O)cc1. The summed E-state index contributed by atoms with van der Waals surface area (Å²) in [5.74, 6) is 4.81. The molecule has 0 N–H and O–H groups in total. The number of aldehydes is 1. The number of carbonyl (C=O) groups excluding carboxylic acids is 2. The Kier molecular flexibility index (Phi) is 4.07. The maximum absolute atomic E-state index is 11.9. The minimum Gasteiger partial charge on any atom is -0.298 e. The van der Waals surface area contributed by atoms with Gasteiger partial charge in [-0.25, -0.2) is 0 Å². The van der Waals surface area contributed by atoms with Crippen molar-refractivity contribution in [3.05, 3.63) is 70.8 Å². The first-order chi connectivity index (χ1) is 9.74. The van der Waals surface area contributed by atoms with Gasteiger partial charge in [-0.2, -0.15) is 5.26 Å². The van der Waals surface area contributed by atoms with Crippen molar-refractivity contribution < 1.29 is 9.59 Å². The summed E-state index contributed by atoms with van der Waals surface area (Å²) in [7, 11) is 0. The van der Waals surface area contributed by atoms with E-state index in [9.17, 15) is 9.59 Å². The molecule has 0 aliphatic rings. The molecular weight excluding hydrogens is 250 g/mol. The van der Waals surface area contributed by atoms with Crippen LogP contribution in [-0.2, 0) is 0 Å². The Bertz CT molecular complexity index is 756. The van der Waals surface area contributed by atoms with Gasteiger partial charge in [-0.05, 0) is 36.3 Å². The maximum Gasteiger partial charge on any atom is 0.236 e. The van der Waals surface area contributed by atoms with E-state index in [1.165, 1.54) is 0 Å². The van der Waals surface area contributed by atoms with Crippen LogP contribution in [-0.4, -0.2) is 12.1 Å². The quantitative estimate of drug-likeness (QED) is 0.473. The molecule has 0 amide bonds. The van der Waals surface area contributed by atoms with Gasteiger partial charge < -0.3 is 0 Å². The Morgan fingerprint density at radius 2 is 1.65 bits per heavy atom. The van der Waals surface area contributed by atoms with Crippen LogP contribution in [0.25, 0.3) is 0 Å². The van der Waals surface area contributed by atoms with Crippen LogP contribution >= 0.6 is 0 Å². The van der Waals surface area contributed by atoms with Crippen LogP contribution in [0.3, 0.4) is 0 Å². The summed E-state index contributed by atoms with van der Waals surface area (Å²) in [6, 6.07) is 15.1. The summed E-state index contributed by atoms with van der Waals surface area (Å²) < 4.78 is 0. The number of carbonyl (C=O) groups is 2. The highest BCUT2D eigenvalue weighted by atomic mass is 16.1. The molecule has 20 heavy (non-hydrogen) atoms. The Balaban J connectivity index is 2.26. The van der Waals surface area contributed by atoms with Gasteiger partial charge in [0.1, 0.15) is 0 Å². The Labute approximate surface area is 116 Å². The zero-order chi connectivity index (χ0) is 14.4. The van der Waals surface area contributed by atoms with E-state index in [4.69, 9.17) is 5.26 Å². The minimum absolute atomic E-state index is 0.295. The van der Waals surface area contributed by atoms with Crippen LogP contribution in [0.15, 0.2) is 48.5 Å². The highest BCUT2D eigenvalue weighted by Gasteiger charge is 2.07. The monoisotopic (exact) mass is 259 g/mol. The molecule has 3 heteroatoms. The van der Waals surface area contributed by atoms with Crippen molar-refractivity contribution >= 4 is 12.1 Å². The standard InChI is InChI=1S/C17H9NO2/c18-11-14-7-5-13(6-8-14)9-10-17(20)16-4-2-1-3-15(16)12-19/h1-8,12H. The number of nitrogens with zero attached hydrogens (tertiary/aromatic N) is 1. The maximum atomic E-state index is 11.9. The zero-order valence-corrected chi connectivity index (χ0v) is 10.5. The smallest absolute Gasteiger partial charge is 0.236 e. The molecule has 0 unspecified atom stereocenters. The lowest BCUT2D eigenvalue weighted by Crippen LogP contribution is -2.00. The van der Waals surface area contributed by atoms with Crippen molar-refractivity contribution in [3.63, 3.8) is 0 Å². The molecule has 0 heterocycles. The van der Waals surface area contributed by atoms with Gasteiger partial charge in [-0.15, -0.1) is 0 Å². The van der Waals surface area contributed by atoms with E-state index in [-0.39, 0.29) is 0 Å². The first-order valence-corrected chi connectivity index (χ1v) is 5.85. The molecule has 0 aliphatic carbocycles. The molecule has 0 aromatic heterocycles. The van der Waals surface area contributed by atoms with Gasteiger partial charge in [0.05, 0.1) is 11.6 Å². The summed E-state index contributed by atoms with van der Waals surface area (Å²) in [4.78, 5) is 22.8. The third kappa shape index (κ3) is 2.98. The summed E-state index contributed by atoms with van der Waals surface area (Å²) in [5, 5.41) is 8.68. The molecule has 94 valence electrons. The normalized spacial score (nSPS) is 8.95. The fourth-order valence-corrected chi connectivity index (χ4v) is 1.63. The summed E-state index contributed by atoms with van der Waals surface area (Å²) in [6.07, 6.45) is 0.636. The molecular formula is C17H9NO2. The molecule has 2 rings (SSSR count). The minimum atomic E-state index is -0.406. The van der Waals surface area contributed by atoms with Crippen molar-refractivity contribution in [2.45, 2.75) is 0 Å². The topological polar surface area (TPSA) is 57.9 Å². The van der Waals surface area contributed by atoms with E-state index in [2.05, 4.69) is 11.8 Å². The molecule has 0 radical (unpaired) electrons. The number of rotatable bonds is 2. The largest absolute Gasteiger partial charge is 0.298 e. The molecule has 0 spiro atoms. The van der Waals surface area contributed by atoms with Crippen LogP contribution in [0, 0.1) is 23.2 Å². The fraction of sp³-hybridized carbons (Fsp3) is 0. The van der Waals surface area contributed by atoms with Crippen molar-refractivity contribution in [1.29, 1.82) is 5.26 Å². The second-order valence-electron chi connectivity index (χ2n) is 3.97. The second kappa shape index (κ2) is 6.13. The molecule has 2 aromatic rings. The average molecular weight is 259 g/mol. The molecule has 0 saturated carbocycles. The van der Waals surface area contributed by atoms with Crippen molar-refractivity contribution in [2.75, 3.05) is 0 Å². The highest BCUT2D eigenvalue weighted by molar-refractivity contribution is 6.13. The third-order valence-corrected chi connectivity index (χ3v) is 2.67. The fourth-order valence-electron chi connectivity index (χ4n) is 1.63. The highest BCUT2D eigenvalue weighted by Crippen LogP contribution is 2.07. The van der Waals surface area contributed by atoms with Gasteiger partial charge in [-0.1, -0.05) is 24.1 Å². The van der Waals surface area contributed by atoms with E-state index < -0.39 is 5.78 Å². The van der Waals surface area contributed by atoms with Gasteiger partial charge >= 0.3 is 0 Å². The molecule has 0 aliphatic heterocycles. The zero-order valence-electron chi connectivity index (χ0n) is 10.5. The van der Waals surface area contributed by atoms with Gasteiger partial charge in [0, 0.05) is 16.7 Å². The summed E-state index contributed by atoms with van der Waals surface area (Å²) in [6.45, 7) is 0. The number of Topliss-reactive ketones (excluding diaryl/α,β-unsaturated/α-hetero) is 1. The van der Waals surface area contributed by atoms with Crippen LogP contribution in [0.1, 0.15) is 31.8 Å². The van der Waals surface area contributed by atoms with Gasteiger partial charge in [-0.3, -0.25) is 9.59 Å². The second-order valence-corrected chi connectivity index (χ2v) is 3.97. The van der Waals surface area contributed by atoms with E-state index in [0.717, 1.165) is 0 Å². The Morgan fingerprint density at radius 1 is 1.00 bits per heavy atom. The molecule has 0 fully saturated rings. The first kappa shape index (κ1) is 13.3. The first-order valence-electron chi connectivity index (χ1n) is 5.85. The van der Waals surface area contributed by atoms with Crippen LogP contribution in [0.2, 0.25) is 0 Å². The number of nitriles is 1. The van der Waals surface area contributed by atoms with E-state index in [1.807, 2.05) is 6.07 Å². The molecule has 3 nitrogen and oxygen atoms in total. The average Bonchev–Trinajstić information content (AvgIpc) is 2.53. The number of benzene rings is 2. The van der Waals surface area contributed by atoms with E-state index >= 15 is 0 Å². The molecule has 2 aromatic carbocycles. The third-order valence-electron chi connectivity index (χ3n) is 2.67. The Hall–Kier alpha value is -3.17.